The third-order valence-corrected chi connectivity index (χ3v) is 6.46. The van der Waals surface area contributed by atoms with Gasteiger partial charge in [0.25, 0.3) is 0 Å². The number of carbonyl (C=O) groups excluding carboxylic acids is 1. The van der Waals surface area contributed by atoms with Crippen molar-refractivity contribution in [3.8, 4) is 0 Å². The molecule has 1 fully saturated rings. The van der Waals surface area contributed by atoms with Crippen LogP contribution in [0.25, 0.3) is 0 Å². The first kappa shape index (κ1) is 18.5. The first-order chi connectivity index (χ1) is 12.4. The van der Waals surface area contributed by atoms with Crippen molar-refractivity contribution in [1.29, 1.82) is 0 Å². The van der Waals surface area contributed by atoms with Crippen molar-refractivity contribution in [3.63, 3.8) is 0 Å². The lowest BCUT2D eigenvalue weighted by Gasteiger charge is -2.24. The lowest BCUT2D eigenvalue weighted by atomic mass is 10.0. The molecule has 1 heterocycles. The molecule has 0 bridgehead atoms. The fraction of sp³-hybridized carbons (Fsp3) is 0.316. The summed E-state index contributed by atoms with van der Waals surface area (Å²) in [7, 11) is -3.61. The molecule has 0 radical (unpaired) electrons. The smallest absolute Gasteiger partial charge is 0.243 e. The standard InChI is InChI=1S/C19H21FN2O3S/c1-14(23)21-17-8-10-19(11-9-17)26(24,25)22-12-2-3-18(22)13-15-4-6-16(20)7-5-15/h4-11,18H,2-3,12-13H2,1H3,(H,21,23). The van der Waals surface area contributed by atoms with Crippen LogP contribution in [0.1, 0.15) is 25.3 Å². The van der Waals surface area contributed by atoms with Gasteiger partial charge < -0.3 is 5.32 Å². The minimum atomic E-state index is -3.61. The first-order valence-corrected chi connectivity index (χ1v) is 9.94. The molecule has 3 rings (SSSR count). The maximum Gasteiger partial charge on any atom is 0.243 e. The van der Waals surface area contributed by atoms with Crippen LogP contribution in [0, 0.1) is 5.82 Å². The number of sulfonamides is 1. The second kappa shape index (κ2) is 7.55. The Morgan fingerprint density at radius 2 is 1.81 bits per heavy atom. The third-order valence-electron chi connectivity index (χ3n) is 4.49. The second-order valence-electron chi connectivity index (χ2n) is 6.45. The van der Waals surface area contributed by atoms with E-state index < -0.39 is 10.0 Å². The van der Waals surface area contributed by atoms with Crippen LogP contribution >= 0.6 is 0 Å². The second-order valence-corrected chi connectivity index (χ2v) is 8.34. The van der Waals surface area contributed by atoms with Gasteiger partial charge in [-0.15, -0.1) is 0 Å². The molecule has 7 heteroatoms. The number of hydrogen-bond donors (Lipinski definition) is 1. The van der Waals surface area contributed by atoms with Crippen LogP contribution in [0.4, 0.5) is 10.1 Å². The zero-order valence-corrected chi connectivity index (χ0v) is 15.3. The van der Waals surface area contributed by atoms with Crippen LogP contribution in [0.3, 0.4) is 0 Å². The predicted octanol–water partition coefficient (Wildman–Crippen LogP) is 3.18. The van der Waals surface area contributed by atoms with Gasteiger partial charge in [0, 0.05) is 25.2 Å². The lowest BCUT2D eigenvalue weighted by molar-refractivity contribution is -0.114. The molecule has 138 valence electrons. The van der Waals surface area contributed by atoms with Crippen LogP contribution in [0.2, 0.25) is 0 Å². The van der Waals surface area contributed by atoms with Crippen molar-refractivity contribution >= 4 is 21.6 Å². The van der Waals surface area contributed by atoms with Gasteiger partial charge in [-0.1, -0.05) is 12.1 Å². The van der Waals surface area contributed by atoms with E-state index in [1.807, 2.05) is 0 Å². The third kappa shape index (κ3) is 4.11. The molecule has 2 aromatic carbocycles. The highest BCUT2D eigenvalue weighted by Crippen LogP contribution is 2.29. The fourth-order valence-electron chi connectivity index (χ4n) is 3.27. The number of amides is 1. The van der Waals surface area contributed by atoms with Crippen molar-refractivity contribution in [3.05, 3.63) is 59.9 Å². The van der Waals surface area contributed by atoms with Crippen molar-refractivity contribution < 1.29 is 17.6 Å². The largest absolute Gasteiger partial charge is 0.326 e. The summed E-state index contributed by atoms with van der Waals surface area (Å²) in [5.41, 5.74) is 1.47. The molecule has 1 atom stereocenters. The average molecular weight is 376 g/mol. The molecule has 1 amide bonds. The Labute approximate surface area is 152 Å². The molecule has 5 nitrogen and oxygen atoms in total. The summed E-state index contributed by atoms with van der Waals surface area (Å²) in [6.07, 6.45) is 2.14. The number of benzene rings is 2. The van der Waals surface area contributed by atoms with E-state index in [0.717, 1.165) is 18.4 Å². The number of hydrogen-bond acceptors (Lipinski definition) is 3. The van der Waals surface area contributed by atoms with E-state index in [1.165, 1.54) is 35.5 Å². The summed E-state index contributed by atoms with van der Waals surface area (Å²) in [6.45, 7) is 1.87. The monoisotopic (exact) mass is 376 g/mol. The molecule has 2 aromatic rings. The molecule has 1 aliphatic heterocycles. The Balaban J connectivity index is 1.78. The number of rotatable bonds is 5. The van der Waals surface area contributed by atoms with Gasteiger partial charge in [-0.05, 0) is 61.2 Å². The highest BCUT2D eigenvalue weighted by atomic mass is 32.2. The van der Waals surface area contributed by atoms with Gasteiger partial charge in [0.1, 0.15) is 5.82 Å². The van der Waals surface area contributed by atoms with Crippen LogP contribution in [0.5, 0.6) is 0 Å². The maximum atomic E-state index is 13.1. The Hall–Kier alpha value is -2.25. The van der Waals surface area contributed by atoms with Gasteiger partial charge in [-0.3, -0.25) is 4.79 Å². The lowest BCUT2D eigenvalue weighted by Crippen LogP contribution is -2.36. The minimum Gasteiger partial charge on any atom is -0.326 e. The maximum absolute atomic E-state index is 13.1. The number of carbonyl (C=O) groups is 1. The number of nitrogens with zero attached hydrogens (tertiary/aromatic N) is 1. The molecule has 1 unspecified atom stereocenters. The molecule has 1 saturated heterocycles. The van der Waals surface area contributed by atoms with Crippen molar-refractivity contribution in [2.75, 3.05) is 11.9 Å². The predicted molar refractivity (Wildman–Crippen MR) is 97.8 cm³/mol. The molecule has 0 saturated carbocycles. The molecule has 0 aromatic heterocycles. The van der Waals surface area contributed by atoms with E-state index in [0.29, 0.717) is 18.7 Å². The van der Waals surface area contributed by atoms with Gasteiger partial charge >= 0.3 is 0 Å². The Kier molecular flexibility index (Phi) is 5.38. The van der Waals surface area contributed by atoms with E-state index in [2.05, 4.69) is 5.32 Å². The topological polar surface area (TPSA) is 66.5 Å². The van der Waals surface area contributed by atoms with Crippen molar-refractivity contribution in [2.24, 2.45) is 0 Å². The highest BCUT2D eigenvalue weighted by molar-refractivity contribution is 7.89. The van der Waals surface area contributed by atoms with Gasteiger partial charge in [-0.25, -0.2) is 12.8 Å². The number of halogens is 1. The van der Waals surface area contributed by atoms with Gasteiger partial charge in [-0.2, -0.15) is 4.31 Å². The van der Waals surface area contributed by atoms with Gasteiger partial charge in [0.05, 0.1) is 4.90 Å². The fourth-order valence-corrected chi connectivity index (χ4v) is 4.96. The number of nitrogens with one attached hydrogen (secondary N) is 1. The van der Waals surface area contributed by atoms with E-state index in [1.54, 1.807) is 24.3 Å². The first-order valence-electron chi connectivity index (χ1n) is 8.50. The quantitative estimate of drug-likeness (QED) is 0.872. The minimum absolute atomic E-state index is 0.138. The van der Waals surface area contributed by atoms with Crippen molar-refractivity contribution in [1.82, 2.24) is 4.31 Å². The summed E-state index contributed by atoms with van der Waals surface area (Å²) < 4.78 is 40.6. The van der Waals surface area contributed by atoms with E-state index in [-0.39, 0.29) is 22.7 Å². The normalized spacial score (nSPS) is 18.0. The molecule has 0 spiro atoms. The van der Waals surface area contributed by atoms with Crippen LogP contribution < -0.4 is 5.32 Å². The highest BCUT2D eigenvalue weighted by Gasteiger charge is 2.35. The zero-order chi connectivity index (χ0) is 18.7. The van der Waals surface area contributed by atoms with E-state index >= 15 is 0 Å². The summed E-state index contributed by atoms with van der Waals surface area (Å²) in [5, 5.41) is 2.62. The summed E-state index contributed by atoms with van der Waals surface area (Å²) in [6, 6.07) is 12.2. The number of anilines is 1. The Morgan fingerprint density at radius 1 is 1.15 bits per heavy atom. The molecule has 1 N–H and O–H groups in total. The summed E-state index contributed by atoms with van der Waals surface area (Å²) in [4.78, 5) is 11.3. The van der Waals surface area contributed by atoms with Crippen LogP contribution in [0.15, 0.2) is 53.4 Å². The van der Waals surface area contributed by atoms with Crippen molar-refractivity contribution in [2.45, 2.75) is 37.1 Å². The van der Waals surface area contributed by atoms with Gasteiger partial charge in [0.15, 0.2) is 0 Å². The molecule has 1 aliphatic rings. The Morgan fingerprint density at radius 3 is 2.42 bits per heavy atom. The summed E-state index contributed by atoms with van der Waals surface area (Å²) in [5.74, 6) is -0.511. The van der Waals surface area contributed by atoms with Gasteiger partial charge in [0.2, 0.25) is 15.9 Å². The summed E-state index contributed by atoms with van der Waals surface area (Å²) >= 11 is 0. The molecule has 26 heavy (non-hydrogen) atoms. The zero-order valence-electron chi connectivity index (χ0n) is 14.5. The Bertz CT molecular complexity index is 880. The molecular weight excluding hydrogens is 355 g/mol. The SMILES string of the molecule is CC(=O)Nc1ccc(S(=O)(=O)N2CCCC2Cc2ccc(F)cc2)cc1. The van der Waals surface area contributed by atoms with Crippen LogP contribution in [-0.4, -0.2) is 31.2 Å². The van der Waals surface area contributed by atoms with E-state index in [4.69, 9.17) is 0 Å². The van der Waals surface area contributed by atoms with E-state index in [9.17, 15) is 17.6 Å². The van der Waals surface area contributed by atoms with Crippen LogP contribution in [-0.2, 0) is 21.2 Å². The average Bonchev–Trinajstić information content (AvgIpc) is 3.06. The molecular formula is C19H21FN2O3S. The molecule has 0 aliphatic carbocycles.